The van der Waals surface area contributed by atoms with E-state index in [1.165, 1.54) is 78.3 Å². The third-order valence-electron chi connectivity index (χ3n) is 7.53. The van der Waals surface area contributed by atoms with Crippen LogP contribution in [-0.2, 0) is 33.3 Å². The molecule has 1 aliphatic heterocycles. The third-order valence-corrected chi connectivity index (χ3v) is 7.53. The van der Waals surface area contributed by atoms with Crippen molar-refractivity contribution >= 4 is 11.4 Å². The first-order valence-electron chi connectivity index (χ1n) is 16.2. The molecule has 2 aromatic carbocycles. The van der Waals surface area contributed by atoms with Crippen LogP contribution in [0.2, 0.25) is 0 Å². The Bertz CT molecular complexity index is 1060. The molecule has 3 heteroatoms. The number of aryl methyl sites for hydroxylation is 2. The van der Waals surface area contributed by atoms with E-state index < -0.39 is 0 Å². The van der Waals surface area contributed by atoms with Gasteiger partial charge in [0.05, 0.1) is 0 Å². The summed E-state index contributed by atoms with van der Waals surface area (Å²) in [6, 6.07) is 17.8. The summed E-state index contributed by atoms with van der Waals surface area (Å²) in [7, 11) is 0. The average Bonchev–Trinajstić information content (AvgIpc) is 3.29. The summed E-state index contributed by atoms with van der Waals surface area (Å²) in [5, 5.41) is 0. The molecule has 0 fully saturated rings. The number of benzene rings is 2. The molecule has 0 aromatic heterocycles. The maximum Gasteiger partial charge on any atom is 2.00 e. The minimum Gasteiger partial charge on any atom is -0.493 e. The molecule has 0 atom stereocenters. The standard InChI is InChI=1S/C34H48N2.2C2H5.Pd/c1-5-9-12-14-18-27-20-16-22-29(25-27)33-31(8-4)32(24-11-7-3)34(36(33)35)30-23-17-21-28(26-30)19-15-13-10-6-2;2*1-2;/h16-17,20-23,25-26H,5-15,18-19,24H2,1-4H3;2*1H2,2H3;/q;2*-1;+2. The van der Waals surface area contributed by atoms with Gasteiger partial charge in [0.15, 0.2) is 0 Å². The summed E-state index contributed by atoms with van der Waals surface area (Å²) in [6.07, 6.45) is 16.6. The Hall–Kier alpha value is -1.82. The topological polar surface area (TPSA) is 25.3 Å². The van der Waals surface area contributed by atoms with Gasteiger partial charge in [0.2, 0.25) is 11.4 Å². The summed E-state index contributed by atoms with van der Waals surface area (Å²) < 4.78 is 1.52. The van der Waals surface area contributed by atoms with Gasteiger partial charge in [0, 0.05) is 22.3 Å². The summed E-state index contributed by atoms with van der Waals surface area (Å²) in [5.74, 6) is 0. The summed E-state index contributed by atoms with van der Waals surface area (Å²) >= 11 is 0. The molecule has 0 bridgehead atoms. The minimum absolute atomic E-state index is 0. The van der Waals surface area contributed by atoms with E-state index in [1.807, 2.05) is 0 Å². The molecule has 3 rings (SSSR count). The molecule has 2 nitrogen and oxygen atoms in total. The molecule has 0 aliphatic carbocycles. The molecule has 0 radical (unpaired) electrons. The van der Waals surface area contributed by atoms with Gasteiger partial charge in [-0.3, -0.25) is 0 Å². The first kappa shape index (κ1) is 39.2. The molecule has 230 valence electrons. The molecule has 0 unspecified atom stereocenters. The Labute approximate surface area is 268 Å². The van der Waals surface area contributed by atoms with Crippen molar-refractivity contribution in [2.24, 2.45) is 0 Å². The van der Waals surface area contributed by atoms with Gasteiger partial charge in [-0.1, -0.05) is 96.9 Å². The Balaban J connectivity index is 0.00000306. The van der Waals surface area contributed by atoms with Gasteiger partial charge < -0.3 is 19.4 Å². The molecular formula is C38H58N2Pd. The molecule has 0 amide bonds. The second-order valence-corrected chi connectivity index (χ2v) is 10.4. The van der Waals surface area contributed by atoms with Crippen LogP contribution >= 0.6 is 0 Å². The maximum atomic E-state index is 11.7. The van der Waals surface area contributed by atoms with E-state index in [9.17, 15) is 5.53 Å². The Morgan fingerprint density at radius 3 is 1.41 bits per heavy atom. The Morgan fingerprint density at radius 1 is 0.561 bits per heavy atom. The van der Waals surface area contributed by atoms with Crippen LogP contribution in [-0.4, -0.2) is 4.70 Å². The molecule has 0 saturated carbocycles. The van der Waals surface area contributed by atoms with Crippen LogP contribution < -0.4 is 0 Å². The SMILES string of the molecule is CCCCCCc1cccc(C2=C(CC)C(CCCC)=C(c3cccc(CCCCCC)c3)[N+]2=[N-])c1.[CH2-]C.[CH2-]C.[Pd+2]. The van der Waals surface area contributed by atoms with Crippen LogP contribution in [0, 0.1) is 13.8 Å². The van der Waals surface area contributed by atoms with Gasteiger partial charge >= 0.3 is 20.4 Å². The van der Waals surface area contributed by atoms with Crippen LogP contribution in [0.5, 0.6) is 0 Å². The van der Waals surface area contributed by atoms with Crippen LogP contribution in [0.15, 0.2) is 59.7 Å². The number of allylic oxidation sites excluding steroid dienone is 2. The molecule has 2 aromatic rings. The second kappa shape index (κ2) is 23.7. The van der Waals surface area contributed by atoms with Gasteiger partial charge in [-0.15, -0.1) is 0 Å². The van der Waals surface area contributed by atoms with Gasteiger partial charge in [-0.2, -0.15) is 13.8 Å². The van der Waals surface area contributed by atoms with Crippen molar-refractivity contribution in [1.82, 2.24) is 0 Å². The van der Waals surface area contributed by atoms with E-state index in [4.69, 9.17) is 0 Å². The number of hydrogen-bond acceptors (Lipinski definition) is 0. The molecule has 0 spiro atoms. The van der Waals surface area contributed by atoms with E-state index >= 15 is 0 Å². The molecule has 0 saturated heterocycles. The van der Waals surface area contributed by atoms with Gasteiger partial charge in [-0.25, -0.2) is 4.70 Å². The Kier molecular flexibility index (Phi) is 22.7. The number of unbranched alkanes of at least 4 members (excludes halogenated alkanes) is 7. The van der Waals surface area contributed by atoms with Gasteiger partial charge in [0.1, 0.15) is 0 Å². The van der Waals surface area contributed by atoms with Crippen LogP contribution in [0.3, 0.4) is 0 Å². The van der Waals surface area contributed by atoms with Crippen molar-refractivity contribution in [2.75, 3.05) is 0 Å². The van der Waals surface area contributed by atoms with Crippen LogP contribution in [0.25, 0.3) is 16.9 Å². The van der Waals surface area contributed by atoms with E-state index in [0.717, 1.165) is 61.0 Å². The predicted octanol–water partition coefficient (Wildman–Crippen LogP) is 12.4. The molecule has 1 heterocycles. The maximum absolute atomic E-state index is 11.7. The fourth-order valence-corrected chi connectivity index (χ4v) is 5.51. The molecule has 1 aliphatic rings. The quantitative estimate of drug-likeness (QED) is 0.0749. The predicted molar refractivity (Wildman–Crippen MR) is 178 cm³/mol. The third kappa shape index (κ3) is 12.1. The fourth-order valence-electron chi connectivity index (χ4n) is 5.51. The Morgan fingerprint density at radius 2 is 1.00 bits per heavy atom. The zero-order chi connectivity index (χ0) is 29.8. The number of hydrogen-bond donors (Lipinski definition) is 0. The molecular weight excluding hydrogens is 591 g/mol. The number of nitrogens with zero attached hydrogens (tertiary/aromatic N) is 2. The zero-order valence-electron chi connectivity index (χ0n) is 27.1. The average molecular weight is 649 g/mol. The van der Waals surface area contributed by atoms with Gasteiger partial charge in [0.25, 0.3) is 0 Å². The molecule has 41 heavy (non-hydrogen) atoms. The van der Waals surface area contributed by atoms with Crippen molar-refractivity contribution in [3.63, 3.8) is 0 Å². The fraction of sp³-hybridized carbons (Fsp3) is 0.526. The summed E-state index contributed by atoms with van der Waals surface area (Å²) in [5.41, 5.74) is 21.4. The summed E-state index contributed by atoms with van der Waals surface area (Å²) in [6.45, 7) is 19.0. The van der Waals surface area contributed by atoms with E-state index in [-0.39, 0.29) is 20.4 Å². The van der Waals surface area contributed by atoms with E-state index in [0.29, 0.717) is 0 Å². The van der Waals surface area contributed by atoms with Crippen LogP contribution in [0.4, 0.5) is 0 Å². The molecule has 0 N–H and O–H groups in total. The monoisotopic (exact) mass is 648 g/mol. The number of rotatable bonds is 16. The van der Waals surface area contributed by atoms with E-state index in [2.05, 4.69) is 90.1 Å². The van der Waals surface area contributed by atoms with Crippen molar-refractivity contribution < 1.29 is 25.1 Å². The largest absolute Gasteiger partial charge is 2.00 e. The second-order valence-electron chi connectivity index (χ2n) is 10.4. The van der Waals surface area contributed by atoms with Crippen molar-refractivity contribution in [1.29, 1.82) is 0 Å². The zero-order valence-corrected chi connectivity index (χ0v) is 28.7. The normalized spacial score (nSPS) is 12.4. The van der Waals surface area contributed by atoms with E-state index in [1.54, 1.807) is 13.8 Å². The van der Waals surface area contributed by atoms with Crippen molar-refractivity contribution in [3.05, 3.63) is 101 Å². The van der Waals surface area contributed by atoms with Crippen LogP contribution in [0.1, 0.15) is 141 Å². The smallest absolute Gasteiger partial charge is 0.493 e. The van der Waals surface area contributed by atoms with Gasteiger partial charge in [-0.05, 0) is 80.3 Å². The minimum atomic E-state index is 0. The first-order valence-corrected chi connectivity index (χ1v) is 16.2. The summed E-state index contributed by atoms with van der Waals surface area (Å²) in [4.78, 5) is 0. The van der Waals surface area contributed by atoms with Crippen molar-refractivity contribution in [2.45, 2.75) is 131 Å². The van der Waals surface area contributed by atoms with Crippen molar-refractivity contribution in [3.8, 4) is 0 Å². The first-order chi connectivity index (χ1) is 19.6.